The lowest BCUT2D eigenvalue weighted by Crippen LogP contribution is -3.00. The fourth-order valence-electron chi connectivity index (χ4n) is 5.15. The second-order valence-electron chi connectivity index (χ2n) is 9.48. The predicted octanol–water partition coefficient (Wildman–Crippen LogP) is 3.47. The van der Waals surface area contributed by atoms with E-state index >= 15 is 0 Å². The zero-order chi connectivity index (χ0) is 24.3. The maximum atomic E-state index is 14.7. The third-order valence-corrected chi connectivity index (χ3v) is 8.44. The summed E-state index contributed by atoms with van der Waals surface area (Å²) in [5.74, 6) is 0.415. The van der Waals surface area contributed by atoms with Gasteiger partial charge >= 0.3 is 6.09 Å². The average molecular weight is 531 g/mol. The quantitative estimate of drug-likeness (QED) is 0.346. The van der Waals surface area contributed by atoms with Gasteiger partial charge in [0.25, 0.3) is 0 Å². The summed E-state index contributed by atoms with van der Waals surface area (Å²) < 4.78 is 35.1. The topological polar surface area (TPSA) is 29.5 Å². The number of piperidine rings is 3. The van der Waals surface area contributed by atoms with Gasteiger partial charge in [0.05, 0.1) is 25.3 Å². The summed E-state index contributed by atoms with van der Waals surface area (Å²) in [7, 11) is 0. The summed E-state index contributed by atoms with van der Waals surface area (Å²) in [5.41, 5.74) is 0.856. The van der Waals surface area contributed by atoms with E-state index in [4.69, 9.17) is 4.74 Å². The maximum absolute atomic E-state index is 14.7. The molecule has 3 aromatic rings. The molecule has 3 fully saturated rings. The minimum absolute atomic E-state index is 0. The molecule has 0 radical (unpaired) electrons. The third-order valence-electron chi connectivity index (χ3n) is 7.16. The number of amides is 1. The number of hydrogen-bond donors (Lipinski definition) is 0. The highest BCUT2D eigenvalue weighted by molar-refractivity contribution is 7.99. The number of carbonyl (C=O) groups excluding carboxylic acids is 1. The molecule has 0 saturated carbocycles. The molecule has 3 saturated heterocycles. The zero-order valence-corrected chi connectivity index (χ0v) is 21.4. The largest absolute Gasteiger partial charge is 1.00 e. The van der Waals surface area contributed by atoms with E-state index in [-0.39, 0.29) is 36.6 Å². The number of quaternary nitrogens is 1. The van der Waals surface area contributed by atoms with Crippen LogP contribution in [0.5, 0.6) is 0 Å². The van der Waals surface area contributed by atoms with Crippen LogP contribution < -0.4 is 17.3 Å². The van der Waals surface area contributed by atoms with Gasteiger partial charge in [0, 0.05) is 23.7 Å². The lowest BCUT2D eigenvalue weighted by atomic mass is 9.84. The van der Waals surface area contributed by atoms with Gasteiger partial charge in [-0.25, -0.2) is 13.6 Å². The van der Waals surface area contributed by atoms with Crippen molar-refractivity contribution >= 4 is 23.5 Å². The van der Waals surface area contributed by atoms with Crippen LogP contribution in [0.2, 0.25) is 0 Å². The summed E-state index contributed by atoms with van der Waals surface area (Å²) in [6.45, 7) is 3.05. The van der Waals surface area contributed by atoms with Crippen molar-refractivity contribution in [3.8, 4) is 0 Å². The number of hydrogen-bond acceptors (Lipinski definition) is 3. The number of benzene rings is 3. The molecule has 8 heteroatoms. The highest BCUT2D eigenvalue weighted by atomic mass is 35.5. The number of rotatable bonds is 7. The minimum Gasteiger partial charge on any atom is -1.00 e. The van der Waals surface area contributed by atoms with Gasteiger partial charge in [-0.2, -0.15) is 0 Å². The molecular formula is C28H29ClF2N2O2S. The van der Waals surface area contributed by atoms with Crippen LogP contribution in [-0.4, -0.2) is 42.2 Å². The van der Waals surface area contributed by atoms with E-state index in [1.807, 2.05) is 30.0 Å². The van der Waals surface area contributed by atoms with Crippen LogP contribution in [0.15, 0.2) is 83.8 Å². The molecule has 6 rings (SSSR count). The number of anilines is 1. The number of carbonyl (C=O) groups is 1. The zero-order valence-electron chi connectivity index (χ0n) is 19.9. The highest BCUT2D eigenvalue weighted by Crippen LogP contribution is 2.38. The summed E-state index contributed by atoms with van der Waals surface area (Å²) in [6, 6.07) is 22.4. The van der Waals surface area contributed by atoms with Gasteiger partial charge in [0.2, 0.25) is 0 Å². The van der Waals surface area contributed by atoms with Crippen LogP contribution in [0.4, 0.5) is 19.3 Å². The van der Waals surface area contributed by atoms with E-state index in [0.29, 0.717) is 11.5 Å². The molecule has 0 unspecified atom stereocenters. The Morgan fingerprint density at radius 3 is 2.31 bits per heavy atom. The lowest BCUT2D eigenvalue weighted by Gasteiger charge is -2.51. The van der Waals surface area contributed by atoms with Crippen LogP contribution in [-0.2, 0) is 11.3 Å². The molecule has 0 N–H and O–H groups in total. The van der Waals surface area contributed by atoms with E-state index in [1.165, 1.54) is 28.0 Å². The van der Waals surface area contributed by atoms with Crippen LogP contribution in [0.1, 0.15) is 18.4 Å². The fourth-order valence-corrected chi connectivity index (χ4v) is 6.28. The van der Waals surface area contributed by atoms with Crippen molar-refractivity contribution < 1.29 is 35.2 Å². The van der Waals surface area contributed by atoms with E-state index in [9.17, 15) is 13.6 Å². The molecule has 36 heavy (non-hydrogen) atoms. The molecule has 190 valence electrons. The second kappa shape index (κ2) is 11.6. The minimum atomic E-state index is -0.563. The first kappa shape index (κ1) is 26.5. The van der Waals surface area contributed by atoms with E-state index < -0.39 is 11.9 Å². The second-order valence-corrected chi connectivity index (χ2v) is 10.5. The first-order chi connectivity index (χ1) is 17.0. The molecule has 3 heterocycles. The third kappa shape index (κ3) is 6.02. The lowest BCUT2D eigenvalue weighted by molar-refractivity contribution is -0.934. The molecule has 0 spiro atoms. The predicted molar refractivity (Wildman–Crippen MR) is 134 cm³/mol. The number of thioether (sulfide) groups is 1. The van der Waals surface area contributed by atoms with Crippen LogP contribution in [0, 0.1) is 17.6 Å². The van der Waals surface area contributed by atoms with Crippen LogP contribution in [0.25, 0.3) is 0 Å². The van der Waals surface area contributed by atoms with Crippen molar-refractivity contribution in [2.45, 2.75) is 30.4 Å². The van der Waals surface area contributed by atoms with Crippen LogP contribution >= 0.6 is 11.8 Å². The van der Waals surface area contributed by atoms with Gasteiger partial charge in [-0.05, 0) is 42.0 Å². The Morgan fingerprint density at radius 1 is 0.944 bits per heavy atom. The first-order valence-electron chi connectivity index (χ1n) is 12.0. The molecule has 3 aliphatic heterocycles. The Bertz CT molecular complexity index is 1160. The summed E-state index contributed by atoms with van der Waals surface area (Å²) in [4.78, 5) is 16.0. The van der Waals surface area contributed by atoms with Crippen LogP contribution in [0.3, 0.4) is 0 Å². The summed E-state index contributed by atoms with van der Waals surface area (Å²) in [5, 5.41) is 0. The highest BCUT2D eigenvalue weighted by Gasteiger charge is 2.48. The molecule has 0 aromatic heterocycles. The van der Waals surface area contributed by atoms with Gasteiger partial charge in [-0.1, -0.05) is 54.2 Å². The van der Waals surface area contributed by atoms with Gasteiger partial charge < -0.3 is 21.6 Å². The maximum Gasteiger partial charge on any atom is 0.415 e. The number of fused-ring (bicyclic) bond motifs is 3. The van der Waals surface area contributed by atoms with Crippen molar-refractivity contribution in [1.29, 1.82) is 0 Å². The van der Waals surface area contributed by atoms with Gasteiger partial charge in [0.15, 0.2) is 6.10 Å². The number of para-hydroxylation sites is 1. The van der Waals surface area contributed by atoms with E-state index in [1.54, 1.807) is 30.3 Å². The van der Waals surface area contributed by atoms with Gasteiger partial charge in [-0.15, -0.1) is 0 Å². The molecule has 1 amide bonds. The molecule has 3 aliphatic rings. The fraction of sp³-hybridized carbons (Fsp3) is 0.321. The SMILES string of the molecule is O=C(O[C@H]1C[N+]2(CSc3ccccc3)CCC1CC2)N(Cc1ccc(F)cc1)c1ccccc1F.[Cl-]. The van der Waals surface area contributed by atoms with Crippen molar-refractivity contribution in [3.05, 3.63) is 96.1 Å². The monoisotopic (exact) mass is 530 g/mol. The van der Waals surface area contributed by atoms with E-state index in [2.05, 4.69) is 12.1 Å². The Kier molecular flexibility index (Phi) is 8.54. The Hall–Kier alpha value is -2.61. The van der Waals surface area contributed by atoms with Crippen molar-refractivity contribution in [2.75, 3.05) is 30.4 Å². The first-order valence-corrected chi connectivity index (χ1v) is 13.0. The normalized spacial score (nSPS) is 22.5. The number of halogens is 3. The average Bonchev–Trinajstić information content (AvgIpc) is 2.89. The molecule has 1 atom stereocenters. The van der Waals surface area contributed by atoms with Crippen molar-refractivity contribution in [1.82, 2.24) is 0 Å². The van der Waals surface area contributed by atoms with Crippen molar-refractivity contribution in [3.63, 3.8) is 0 Å². The van der Waals surface area contributed by atoms with Gasteiger partial charge in [-0.3, -0.25) is 4.90 Å². The Balaban J connectivity index is 0.00000304. The molecule has 3 aromatic carbocycles. The van der Waals surface area contributed by atoms with Gasteiger partial charge in [0.1, 0.15) is 24.1 Å². The number of nitrogens with zero attached hydrogens (tertiary/aromatic N) is 2. The standard InChI is InChI=1S/C28H29F2N2O2S.ClH/c29-23-12-10-21(11-13-23)18-31(26-9-5-4-8-25(26)30)28(33)34-27-19-32(16-14-22(27)15-17-32)20-35-24-6-2-1-3-7-24;/h1-13,22,27H,14-20H2;1H/q+1;/p-1/t22?,27-,32?;/m0./s1. The molecular weight excluding hydrogens is 502 g/mol. The smallest absolute Gasteiger partial charge is 0.415 e. The molecule has 4 nitrogen and oxygen atoms in total. The number of ether oxygens (including phenoxy) is 1. The summed E-state index contributed by atoms with van der Waals surface area (Å²) in [6.07, 6.45) is 1.27. The summed E-state index contributed by atoms with van der Waals surface area (Å²) >= 11 is 1.85. The Labute approximate surface area is 221 Å². The molecule has 2 bridgehead atoms. The molecule has 0 aliphatic carbocycles. The Morgan fingerprint density at radius 2 is 1.61 bits per heavy atom. The van der Waals surface area contributed by atoms with E-state index in [0.717, 1.165) is 42.8 Å². The van der Waals surface area contributed by atoms with Crippen molar-refractivity contribution in [2.24, 2.45) is 5.92 Å².